The molecule has 4 aromatic heterocycles. The molecule has 0 bridgehead atoms. The van der Waals surface area contributed by atoms with Crippen molar-refractivity contribution in [2.75, 3.05) is 18.6 Å². The highest BCUT2D eigenvalue weighted by atomic mass is 127. The van der Waals surface area contributed by atoms with E-state index in [2.05, 4.69) is 75.1 Å². The second-order valence-corrected chi connectivity index (χ2v) is 8.52. The predicted molar refractivity (Wildman–Crippen MR) is 123 cm³/mol. The average molecular weight is 636 g/mol. The topological polar surface area (TPSA) is 158 Å². The summed E-state index contributed by atoms with van der Waals surface area (Å²) in [5.74, 6) is 0.608. The average Bonchev–Trinajstić information content (AvgIpc) is 3.23. The number of nitrogens with two attached hydrogens (primary N) is 2. The number of aromatic nitrogens is 8. The van der Waals surface area contributed by atoms with E-state index in [0.717, 1.165) is 31.3 Å². The maximum atomic E-state index is 11.3. The number of anilines is 2. The second kappa shape index (κ2) is 8.40. The molecule has 0 radical (unpaired) electrons. The number of hydrogen-bond acceptors (Lipinski definition) is 8. The van der Waals surface area contributed by atoms with Crippen molar-refractivity contribution in [3.63, 3.8) is 0 Å². The molecule has 0 fully saturated rings. The highest BCUT2D eigenvalue weighted by Gasteiger charge is 2.26. The molecule has 4 aromatic rings. The van der Waals surface area contributed by atoms with E-state index < -0.39 is 0 Å². The molecule has 156 valence electrons. The number of ether oxygens (including phenoxy) is 1. The van der Waals surface area contributed by atoms with Gasteiger partial charge in [-0.2, -0.15) is 4.68 Å². The van der Waals surface area contributed by atoms with Crippen LogP contribution in [0.1, 0.15) is 19.3 Å². The molecule has 0 unspecified atom stereocenters. The van der Waals surface area contributed by atoms with Gasteiger partial charge in [-0.25, -0.2) is 15.1 Å². The summed E-state index contributed by atoms with van der Waals surface area (Å²) in [5, 5.41) is 9.21. The zero-order valence-corrected chi connectivity index (χ0v) is 20.2. The molecule has 5 N–H and O–H groups in total. The van der Waals surface area contributed by atoms with Crippen LogP contribution in [0.3, 0.4) is 0 Å². The number of H-pyrrole nitrogens is 1. The molecule has 30 heavy (non-hydrogen) atoms. The van der Waals surface area contributed by atoms with Crippen LogP contribution in [0, 0.1) is 7.40 Å². The van der Waals surface area contributed by atoms with Gasteiger partial charge in [0.25, 0.3) is 0 Å². The number of esters is 1. The zero-order valence-electron chi connectivity index (χ0n) is 15.8. The third-order valence-corrected chi connectivity index (χ3v) is 6.35. The molecule has 14 heteroatoms. The Balaban J connectivity index is 1.70. The summed E-state index contributed by atoms with van der Waals surface area (Å²) in [4.78, 5) is 25.7. The van der Waals surface area contributed by atoms with Crippen LogP contribution in [0.25, 0.3) is 22.1 Å². The molecule has 12 nitrogen and oxygen atoms in total. The Morgan fingerprint density at radius 1 is 1.23 bits per heavy atom. The number of carbonyl (C=O) groups excluding carboxylic acids is 1. The summed E-state index contributed by atoms with van der Waals surface area (Å²) in [6, 6.07) is 0. The summed E-state index contributed by atoms with van der Waals surface area (Å²) in [6.07, 6.45) is 4.88. The van der Waals surface area contributed by atoms with Gasteiger partial charge in [-0.05, 0) is 63.1 Å². The van der Waals surface area contributed by atoms with Crippen LogP contribution in [0.2, 0.25) is 0 Å². The summed E-state index contributed by atoms with van der Waals surface area (Å²) in [5.41, 5.74) is 13.7. The van der Waals surface area contributed by atoms with Crippen molar-refractivity contribution in [3.8, 4) is 0 Å². The lowest BCUT2D eigenvalue weighted by Crippen LogP contribution is -2.47. The van der Waals surface area contributed by atoms with Crippen molar-refractivity contribution in [2.45, 2.75) is 25.8 Å². The third kappa shape index (κ3) is 3.61. The summed E-state index contributed by atoms with van der Waals surface area (Å²) in [7, 11) is 1.39. The van der Waals surface area contributed by atoms with E-state index in [1.807, 2.05) is 4.68 Å². The Kier molecular flexibility index (Phi) is 5.85. The van der Waals surface area contributed by atoms with Gasteiger partial charge < -0.3 is 16.2 Å². The lowest BCUT2D eigenvalue weighted by atomic mass is 10.2. The van der Waals surface area contributed by atoms with Gasteiger partial charge in [0.15, 0.2) is 9.09 Å². The van der Waals surface area contributed by atoms with Crippen molar-refractivity contribution >= 4 is 84.9 Å². The molecule has 0 aromatic carbocycles. The van der Waals surface area contributed by atoms with Crippen molar-refractivity contribution in [1.82, 2.24) is 29.9 Å². The lowest BCUT2D eigenvalue weighted by molar-refractivity contribution is -0.736. The first-order chi connectivity index (χ1) is 14.4. The van der Waals surface area contributed by atoms with Crippen molar-refractivity contribution in [1.29, 1.82) is 0 Å². The zero-order chi connectivity index (χ0) is 21.4. The maximum absolute atomic E-state index is 11.3. The molecule has 0 aliphatic rings. The minimum atomic E-state index is -0.208. The standard InChI is InChI=1S/C16H16I2N10O2/c1-30-8(29)4-2-3-5-26-16-9(11(17)24-26)14(20)27(7-23-16)28-12(18)10-13(19)21-6-22-15(10)25-28/h6-7,20H,2-5H2,1H3,(H2,19,21,22,25)/p+2. The molecule has 0 atom stereocenters. The molecular formula is C16H18I2N10O2+2. The summed E-state index contributed by atoms with van der Waals surface area (Å²) >= 11 is 4.32. The number of nitrogens with zero attached hydrogens (tertiary/aromatic N) is 7. The molecule has 0 aliphatic carbocycles. The van der Waals surface area contributed by atoms with Crippen LogP contribution in [-0.2, 0) is 16.1 Å². The number of halogens is 2. The number of rotatable bonds is 6. The minimum Gasteiger partial charge on any atom is -0.469 e. The van der Waals surface area contributed by atoms with E-state index in [1.165, 1.54) is 13.4 Å². The van der Waals surface area contributed by atoms with E-state index in [0.29, 0.717) is 35.6 Å². The van der Waals surface area contributed by atoms with Crippen LogP contribution in [0.15, 0.2) is 12.7 Å². The molecule has 0 amide bonds. The number of nitrogen functional groups attached to an aromatic ring is 2. The Hall–Kier alpha value is -2.37. The maximum Gasteiger partial charge on any atom is 0.307 e. The minimum absolute atomic E-state index is 0.208. The smallest absolute Gasteiger partial charge is 0.307 e. The van der Waals surface area contributed by atoms with Crippen molar-refractivity contribution in [2.24, 2.45) is 0 Å². The SMILES string of the molecule is COC(=O)CCCC[n+]1[nH]c(I)c2c(N)[n+](-n3nc4ncnc(N)c4c3I)cnc21. The number of nitrogens with one attached hydrogen (secondary N) is 1. The monoisotopic (exact) mass is 636 g/mol. The van der Waals surface area contributed by atoms with Crippen LogP contribution < -0.4 is 20.8 Å². The van der Waals surface area contributed by atoms with Gasteiger partial charge in [-0.15, -0.1) is 4.68 Å². The number of fused-ring (bicyclic) bond motifs is 2. The van der Waals surface area contributed by atoms with Crippen LogP contribution >= 0.6 is 45.2 Å². The Morgan fingerprint density at radius 2 is 2.03 bits per heavy atom. The van der Waals surface area contributed by atoms with E-state index in [1.54, 1.807) is 15.8 Å². The van der Waals surface area contributed by atoms with Crippen molar-refractivity contribution < 1.29 is 18.9 Å². The molecule has 0 saturated heterocycles. The van der Waals surface area contributed by atoms with Crippen LogP contribution in [0.4, 0.5) is 11.6 Å². The first-order valence-corrected chi connectivity index (χ1v) is 11.1. The Bertz CT molecular complexity index is 1270. The Labute approximate surface area is 197 Å². The molecule has 4 heterocycles. The van der Waals surface area contributed by atoms with Crippen molar-refractivity contribution in [3.05, 3.63) is 20.1 Å². The lowest BCUT2D eigenvalue weighted by Gasteiger charge is -2.04. The first kappa shape index (κ1) is 20.9. The van der Waals surface area contributed by atoms with E-state index in [4.69, 9.17) is 11.5 Å². The third-order valence-electron chi connectivity index (χ3n) is 4.60. The summed E-state index contributed by atoms with van der Waals surface area (Å²) < 4.78 is 9.81. The van der Waals surface area contributed by atoms with E-state index >= 15 is 0 Å². The second-order valence-electron chi connectivity index (χ2n) is 6.42. The van der Waals surface area contributed by atoms with E-state index in [-0.39, 0.29) is 5.97 Å². The molecule has 0 spiro atoms. The fourth-order valence-corrected chi connectivity index (χ4v) is 4.77. The largest absolute Gasteiger partial charge is 0.469 e. The normalized spacial score (nSPS) is 11.4. The van der Waals surface area contributed by atoms with E-state index in [9.17, 15) is 4.79 Å². The fourth-order valence-electron chi connectivity index (χ4n) is 3.10. The highest BCUT2D eigenvalue weighted by molar-refractivity contribution is 14.1. The number of hydrogen-bond donors (Lipinski definition) is 3. The quantitative estimate of drug-likeness (QED) is 0.118. The molecule has 4 rings (SSSR count). The van der Waals surface area contributed by atoms with Crippen LogP contribution in [0.5, 0.6) is 0 Å². The number of aryl methyl sites for hydroxylation is 1. The van der Waals surface area contributed by atoms with Crippen LogP contribution in [-0.4, -0.2) is 43.0 Å². The summed E-state index contributed by atoms with van der Waals surface area (Å²) in [6.45, 7) is 0.669. The fraction of sp³-hybridized carbons (Fsp3) is 0.312. The number of methoxy groups -OCH3 is 1. The molecule has 0 aliphatic heterocycles. The molecule has 0 saturated carbocycles. The number of carbonyl (C=O) groups is 1. The Morgan fingerprint density at radius 3 is 2.77 bits per heavy atom. The van der Waals surface area contributed by atoms with Gasteiger partial charge in [0.05, 0.1) is 7.11 Å². The van der Waals surface area contributed by atoms with Gasteiger partial charge in [0.2, 0.25) is 17.8 Å². The number of aromatic amines is 1. The number of unbranched alkanes of at least 4 members (excludes halogenated alkanes) is 1. The van der Waals surface area contributed by atoms with Gasteiger partial charge in [-0.1, -0.05) is 9.77 Å². The molecular weight excluding hydrogens is 618 g/mol. The highest BCUT2D eigenvalue weighted by Crippen LogP contribution is 2.23. The first-order valence-electron chi connectivity index (χ1n) is 8.91. The predicted octanol–water partition coefficient (Wildman–Crippen LogP) is 0.306. The van der Waals surface area contributed by atoms with Gasteiger partial charge >= 0.3 is 11.6 Å². The van der Waals surface area contributed by atoms with Gasteiger partial charge in [-0.3, -0.25) is 4.79 Å². The van der Waals surface area contributed by atoms with Gasteiger partial charge in [0.1, 0.15) is 27.8 Å². The van der Waals surface area contributed by atoms with Gasteiger partial charge in [0, 0.05) is 6.42 Å².